The third-order valence-corrected chi connectivity index (χ3v) is 1.18. The minimum atomic E-state index is -1.82. The van der Waals surface area contributed by atoms with Crippen LogP contribution in [0, 0.1) is 0 Å². The van der Waals surface area contributed by atoms with Crippen LogP contribution >= 0.6 is 0 Å². The standard InChI is InChI=1S/C5H10FNO/c1-3-5(2,6)4(7)8/h3H2,1-2H3,(H2,7,8). The molecule has 1 amide bonds. The lowest BCUT2D eigenvalue weighted by atomic mass is 10.1. The van der Waals surface area contributed by atoms with Crippen LogP contribution in [0.1, 0.15) is 20.3 Å². The van der Waals surface area contributed by atoms with E-state index in [0.717, 1.165) is 0 Å². The zero-order chi connectivity index (χ0) is 6.78. The Bertz CT molecular complexity index is 101. The summed E-state index contributed by atoms with van der Waals surface area (Å²) < 4.78 is 12.5. The van der Waals surface area contributed by atoms with E-state index in [4.69, 9.17) is 0 Å². The number of nitrogens with two attached hydrogens (primary N) is 1. The predicted molar refractivity (Wildman–Crippen MR) is 29.0 cm³/mol. The van der Waals surface area contributed by atoms with Crippen LogP contribution < -0.4 is 5.73 Å². The highest BCUT2D eigenvalue weighted by Gasteiger charge is 2.27. The highest BCUT2D eigenvalue weighted by molar-refractivity contribution is 5.82. The fourth-order valence-corrected chi connectivity index (χ4v) is 0.174. The molecule has 0 bridgehead atoms. The minimum absolute atomic E-state index is 0.141. The second-order valence-electron chi connectivity index (χ2n) is 1.92. The van der Waals surface area contributed by atoms with Gasteiger partial charge in [0.05, 0.1) is 0 Å². The van der Waals surface area contributed by atoms with Crippen molar-refractivity contribution in [2.75, 3.05) is 0 Å². The number of amides is 1. The highest BCUT2D eigenvalue weighted by atomic mass is 19.1. The molecule has 8 heavy (non-hydrogen) atoms. The van der Waals surface area contributed by atoms with Crippen molar-refractivity contribution >= 4 is 5.91 Å². The van der Waals surface area contributed by atoms with Gasteiger partial charge in [0.1, 0.15) is 0 Å². The number of carbonyl (C=O) groups excluding carboxylic acids is 1. The van der Waals surface area contributed by atoms with Gasteiger partial charge >= 0.3 is 0 Å². The largest absolute Gasteiger partial charge is 0.367 e. The van der Waals surface area contributed by atoms with E-state index in [9.17, 15) is 9.18 Å². The van der Waals surface area contributed by atoms with Gasteiger partial charge in [-0.05, 0) is 13.3 Å². The lowest BCUT2D eigenvalue weighted by Crippen LogP contribution is -2.35. The molecular formula is C5H10FNO. The summed E-state index contributed by atoms with van der Waals surface area (Å²) in [5.41, 5.74) is 2.85. The van der Waals surface area contributed by atoms with Crippen LogP contribution in [0.5, 0.6) is 0 Å². The van der Waals surface area contributed by atoms with Crippen LogP contribution in [-0.4, -0.2) is 11.6 Å². The number of hydrogen-bond acceptors (Lipinski definition) is 1. The number of hydrogen-bond donors (Lipinski definition) is 1. The van der Waals surface area contributed by atoms with Crippen molar-refractivity contribution in [3.8, 4) is 0 Å². The Morgan fingerprint density at radius 1 is 1.88 bits per heavy atom. The summed E-state index contributed by atoms with van der Waals surface area (Å²) in [4.78, 5) is 10.1. The van der Waals surface area contributed by atoms with Crippen LogP contribution in [0.3, 0.4) is 0 Å². The molecule has 0 aliphatic carbocycles. The lowest BCUT2D eigenvalue weighted by molar-refractivity contribution is -0.128. The van der Waals surface area contributed by atoms with E-state index < -0.39 is 11.6 Å². The maximum Gasteiger partial charge on any atom is 0.254 e. The second kappa shape index (κ2) is 2.11. The van der Waals surface area contributed by atoms with Crippen molar-refractivity contribution in [2.24, 2.45) is 5.73 Å². The number of carbonyl (C=O) groups is 1. The summed E-state index contributed by atoms with van der Waals surface area (Å²) in [6.07, 6.45) is 0.141. The van der Waals surface area contributed by atoms with Crippen LogP contribution in [0.2, 0.25) is 0 Å². The average molecular weight is 119 g/mol. The Morgan fingerprint density at radius 2 is 2.25 bits per heavy atom. The molecule has 1 unspecified atom stereocenters. The molecular weight excluding hydrogens is 109 g/mol. The Balaban J connectivity index is 3.91. The molecule has 0 saturated carbocycles. The van der Waals surface area contributed by atoms with E-state index in [0.29, 0.717) is 0 Å². The topological polar surface area (TPSA) is 43.1 Å². The van der Waals surface area contributed by atoms with Crippen molar-refractivity contribution in [3.63, 3.8) is 0 Å². The number of primary amides is 1. The van der Waals surface area contributed by atoms with E-state index in [1.807, 2.05) is 0 Å². The molecule has 0 spiro atoms. The Hall–Kier alpha value is -0.600. The zero-order valence-corrected chi connectivity index (χ0v) is 5.07. The summed E-state index contributed by atoms with van der Waals surface area (Å²) in [6, 6.07) is 0. The first-order valence-electron chi connectivity index (χ1n) is 2.49. The van der Waals surface area contributed by atoms with Gasteiger partial charge in [-0.2, -0.15) is 0 Å². The Morgan fingerprint density at radius 3 is 2.25 bits per heavy atom. The lowest BCUT2D eigenvalue weighted by Gasteiger charge is -2.11. The van der Waals surface area contributed by atoms with Crippen molar-refractivity contribution in [1.29, 1.82) is 0 Å². The normalized spacial score (nSPS) is 17.4. The van der Waals surface area contributed by atoms with Gasteiger partial charge in [0, 0.05) is 0 Å². The molecule has 48 valence electrons. The van der Waals surface area contributed by atoms with Crippen molar-refractivity contribution in [3.05, 3.63) is 0 Å². The number of halogens is 1. The molecule has 0 radical (unpaired) electrons. The third-order valence-electron chi connectivity index (χ3n) is 1.18. The van der Waals surface area contributed by atoms with Gasteiger partial charge < -0.3 is 5.73 Å². The van der Waals surface area contributed by atoms with Gasteiger partial charge in [0.15, 0.2) is 5.67 Å². The van der Waals surface area contributed by atoms with Crippen molar-refractivity contribution < 1.29 is 9.18 Å². The van der Waals surface area contributed by atoms with Gasteiger partial charge in [-0.1, -0.05) is 6.92 Å². The van der Waals surface area contributed by atoms with E-state index in [1.165, 1.54) is 6.92 Å². The van der Waals surface area contributed by atoms with E-state index in [2.05, 4.69) is 5.73 Å². The number of rotatable bonds is 2. The molecule has 0 aromatic carbocycles. The molecule has 0 aliphatic heterocycles. The summed E-state index contributed by atoms with van der Waals surface area (Å²) in [5.74, 6) is -0.889. The quantitative estimate of drug-likeness (QED) is 0.568. The van der Waals surface area contributed by atoms with Gasteiger partial charge in [-0.25, -0.2) is 4.39 Å². The molecule has 0 aromatic rings. The van der Waals surface area contributed by atoms with Crippen molar-refractivity contribution in [1.82, 2.24) is 0 Å². The Labute approximate surface area is 47.9 Å². The number of alkyl halides is 1. The maximum absolute atomic E-state index is 12.5. The molecule has 2 nitrogen and oxygen atoms in total. The first-order chi connectivity index (χ1) is 3.50. The van der Waals surface area contributed by atoms with E-state index in [1.54, 1.807) is 6.92 Å². The molecule has 1 atom stereocenters. The van der Waals surface area contributed by atoms with Gasteiger partial charge in [-0.3, -0.25) is 4.79 Å². The first-order valence-corrected chi connectivity index (χ1v) is 2.49. The maximum atomic E-state index is 12.5. The molecule has 0 rings (SSSR count). The van der Waals surface area contributed by atoms with Gasteiger partial charge in [-0.15, -0.1) is 0 Å². The minimum Gasteiger partial charge on any atom is -0.367 e. The molecule has 0 fully saturated rings. The fraction of sp³-hybridized carbons (Fsp3) is 0.800. The molecule has 3 heteroatoms. The predicted octanol–water partition coefficient (Wildman–Crippen LogP) is 0.610. The van der Waals surface area contributed by atoms with Crippen LogP contribution in [0.4, 0.5) is 4.39 Å². The molecule has 0 heterocycles. The smallest absolute Gasteiger partial charge is 0.254 e. The van der Waals surface area contributed by atoms with Crippen LogP contribution in [-0.2, 0) is 4.79 Å². The second-order valence-corrected chi connectivity index (χ2v) is 1.92. The van der Waals surface area contributed by atoms with Crippen LogP contribution in [0.15, 0.2) is 0 Å². The third kappa shape index (κ3) is 1.48. The summed E-state index contributed by atoms with van der Waals surface area (Å²) in [5, 5.41) is 0. The van der Waals surface area contributed by atoms with E-state index in [-0.39, 0.29) is 6.42 Å². The monoisotopic (exact) mass is 119 g/mol. The van der Waals surface area contributed by atoms with Crippen LogP contribution in [0.25, 0.3) is 0 Å². The van der Waals surface area contributed by atoms with E-state index >= 15 is 0 Å². The average Bonchev–Trinajstić information content (AvgIpc) is 1.67. The SMILES string of the molecule is CCC(C)(F)C(N)=O. The highest BCUT2D eigenvalue weighted by Crippen LogP contribution is 2.12. The molecule has 0 aromatic heterocycles. The van der Waals surface area contributed by atoms with Gasteiger partial charge in [0.2, 0.25) is 0 Å². The van der Waals surface area contributed by atoms with Gasteiger partial charge in [0.25, 0.3) is 5.91 Å². The molecule has 2 N–H and O–H groups in total. The fourth-order valence-electron chi connectivity index (χ4n) is 0.174. The summed E-state index contributed by atoms with van der Waals surface area (Å²) >= 11 is 0. The zero-order valence-electron chi connectivity index (χ0n) is 5.07. The first kappa shape index (κ1) is 7.40. The molecule has 0 saturated heterocycles. The summed E-state index contributed by atoms with van der Waals surface area (Å²) in [6.45, 7) is 2.75. The summed E-state index contributed by atoms with van der Waals surface area (Å²) in [7, 11) is 0. The Kier molecular flexibility index (Phi) is 1.95. The molecule has 0 aliphatic rings. The van der Waals surface area contributed by atoms with Crippen molar-refractivity contribution in [2.45, 2.75) is 25.9 Å².